The van der Waals surface area contributed by atoms with Gasteiger partial charge in [0.1, 0.15) is 5.75 Å². The molecule has 5 rings (SSSR count). The van der Waals surface area contributed by atoms with Gasteiger partial charge in [-0.05, 0) is 52.6 Å². The highest BCUT2D eigenvalue weighted by Gasteiger charge is 2.33. The zero-order chi connectivity index (χ0) is 34.0. The van der Waals surface area contributed by atoms with Crippen LogP contribution in [0.3, 0.4) is 0 Å². The van der Waals surface area contributed by atoms with E-state index in [2.05, 4.69) is 5.32 Å². The van der Waals surface area contributed by atoms with Crippen LogP contribution in [0.15, 0.2) is 97.1 Å². The highest BCUT2D eigenvalue weighted by Crippen LogP contribution is 2.39. The molecule has 1 fully saturated rings. The van der Waals surface area contributed by atoms with E-state index in [1.165, 1.54) is 0 Å². The first kappa shape index (κ1) is 34.7. The number of carbonyl (C=O) groups excluding carboxylic acids is 1. The highest BCUT2D eigenvalue weighted by atomic mass is 16.7. The smallest absolute Gasteiger partial charge is 0.303 e. The van der Waals surface area contributed by atoms with E-state index in [0.717, 1.165) is 33.4 Å². The summed E-state index contributed by atoms with van der Waals surface area (Å²) < 4.78 is 13.0. The normalized spacial score (nSPS) is 18.4. The van der Waals surface area contributed by atoms with Crippen LogP contribution in [-0.2, 0) is 32.2 Å². The molecule has 1 amide bonds. The van der Waals surface area contributed by atoms with Gasteiger partial charge >= 0.3 is 5.97 Å². The van der Waals surface area contributed by atoms with Crippen LogP contribution in [0, 0.1) is 0 Å². The number of carboxylic acid groups (broad SMARTS) is 1. The molecule has 0 aliphatic carbocycles. The number of aliphatic hydroxyl groups excluding tert-OH is 2. The molecule has 48 heavy (non-hydrogen) atoms. The van der Waals surface area contributed by atoms with E-state index in [0.29, 0.717) is 25.1 Å². The molecule has 0 aromatic heterocycles. The number of ether oxygens (including phenoxy) is 2. The summed E-state index contributed by atoms with van der Waals surface area (Å²) in [6, 6.07) is 30.0. The summed E-state index contributed by atoms with van der Waals surface area (Å²) in [6.07, 6.45) is -1.64. The van der Waals surface area contributed by atoms with Crippen molar-refractivity contribution >= 4 is 11.9 Å². The van der Waals surface area contributed by atoms with E-state index in [4.69, 9.17) is 14.6 Å². The molecule has 0 radical (unpaired) electrons. The van der Waals surface area contributed by atoms with E-state index < -0.39 is 18.4 Å². The summed E-state index contributed by atoms with van der Waals surface area (Å²) in [5, 5.41) is 41.8. The number of nitrogens with one attached hydrogen (secondary N) is 1. The zero-order valence-corrected chi connectivity index (χ0v) is 26.9. The van der Waals surface area contributed by atoms with E-state index >= 15 is 0 Å². The van der Waals surface area contributed by atoms with Crippen LogP contribution in [0.25, 0.3) is 11.1 Å². The first-order valence-electron chi connectivity index (χ1n) is 16.0. The lowest BCUT2D eigenvalue weighted by atomic mass is 9.97. The maximum absolute atomic E-state index is 12.1. The Morgan fingerprint density at radius 3 is 2.35 bits per heavy atom. The van der Waals surface area contributed by atoms with Gasteiger partial charge in [-0.1, -0.05) is 84.9 Å². The van der Waals surface area contributed by atoms with Crippen molar-refractivity contribution < 1.29 is 39.5 Å². The Balaban J connectivity index is 1.30. The summed E-state index contributed by atoms with van der Waals surface area (Å²) in [5.74, 6) is -1.22. The molecule has 4 aromatic rings. The van der Waals surface area contributed by atoms with Crippen molar-refractivity contribution in [2.75, 3.05) is 20.1 Å². The lowest BCUT2D eigenvalue weighted by Crippen LogP contribution is -2.39. The van der Waals surface area contributed by atoms with Crippen molar-refractivity contribution in [2.45, 2.75) is 57.0 Å². The van der Waals surface area contributed by atoms with Gasteiger partial charge in [0, 0.05) is 38.0 Å². The predicted octanol–water partition coefficient (Wildman–Crippen LogP) is 5.24. The van der Waals surface area contributed by atoms with E-state index in [-0.39, 0.29) is 49.9 Å². The van der Waals surface area contributed by atoms with Gasteiger partial charge < -0.3 is 40.1 Å². The largest absolute Gasteiger partial charge is 0.508 e. The number of likely N-dealkylation sites (N-methyl/N-ethyl adjacent to an activating group) is 1. The molecule has 252 valence electrons. The van der Waals surface area contributed by atoms with Crippen molar-refractivity contribution in [1.82, 2.24) is 10.2 Å². The lowest BCUT2D eigenvalue weighted by molar-refractivity contribution is -0.252. The second-order valence-electron chi connectivity index (χ2n) is 12.1. The van der Waals surface area contributed by atoms with Crippen molar-refractivity contribution in [1.29, 1.82) is 0 Å². The minimum atomic E-state index is -1.01. The number of hydrogen-bond acceptors (Lipinski definition) is 8. The maximum Gasteiger partial charge on any atom is 0.303 e. The third-order valence-electron chi connectivity index (χ3n) is 8.42. The number of phenolic OH excluding ortho intramolecular Hbond substituents is 1. The molecule has 1 aliphatic rings. The summed E-state index contributed by atoms with van der Waals surface area (Å²) in [5.41, 5.74) is 6.05. The summed E-state index contributed by atoms with van der Waals surface area (Å²) in [7, 11) is 1.92. The van der Waals surface area contributed by atoms with Gasteiger partial charge in [-0.25, -0.2) is 0 Å². The Kier molecular flexibility index (Phi) is 11.9. The van der Waals surface area contributed by atoms with Gasteiger partial charge in [0.15, 0.2) is 6.29 Å². The Bertz CT molecular complexity index is 1660. The second kappa shape index (κ2) is 16.5. The molecule has 0 unspecified atom stereocenters. The van der Waals surface area contributed by atoms with Gasteiger partial charge in [0.05, 0.1) is 31.3 Å². The molecule has 0 saturated carbocycles. The average Bonchev–Trinajstić information content (AvgIpc) is 3.10. The SMILES string of the molecule is CN(C[C@@H]1C[C@H](c2ccc(CO)cc2)O[C@H](c2ccc(-c3ccccc3CNC(=O)CCC(=O)O)cc2)O1)C[C@@H](O)c1cccc(O)c1. The van der Waals surface area contributed by atoms with Crippen LogP contribution >= 0.6 is 0 Å². The van der Waals surface area contributed by atoms with Gasteiger partial charge in [-0.15, -0.1) is 0 Å². The standard InChI is InChI=1S/C38H42N2O8/c1-40(23-34(43)29-6-4-7-31(42)19-29)22-32-20-35(27-11-9-25(24-41)10-12-27)48-38(47-32)28-15-13-26(14-16-28)33-8-3-2-5-30(33)21-39-36(44)17-18-37(45)46/h2-16,19,32,34-35,38,41-43H,17-18,20-24H2,1H3,(H,39,44)(H,45,46)/t32-,34+,35+,38+/m0/s1. The molecular formula is C38H42N2O8. The minimum absolute atomic E-state index is 0.0426. The van der Waals surface area contributed by atoms with Crippen molar-refractivity contribution in [3.63, 3.8) is 0 Å². The molecule has 1 aliphatic heterocycles. The number of phenols is 1. The van der Waals surface area contributed by atoms with Crippen LogP contribution in [0.4, 0.5) is 0 Å². The van der Waals surface area contributed by atoms with Crippen LogP contribution in [0.5, 0.6) is 5.75 Å². The number of aromatic hydroxyl groups is 1. The fraction of sp³-hybridized carbons (Fsp3) is 0.316. The van der Waals surface area contributed by atoms with Gasteiger partial charge in [0.2, 0.25) is 5.91 Å². The van der Waals surface area contributed by atoms with Crippen molar-refractivity contribution in [2.24, 2.45) is 0 Å². The monoisotopic (exact) mass is 654 g/mol. The summed E-state index contributed by atoms with van der Waals surface area (Å²) >= 11 is 0. The van der Waals surface area contributed by atoms with Crippen molar-refractivity contribution in [3.8, 4) is 16.9 Å². The quantitative estimate of drug-likeness (QED) is 0.123. The maximum atomic E-state index is 12.1. The van der Waals surface area contributed by atoms with E-state index in [1.54, 1.807) is 24.3 Å². The number of carboxylic acids is 1. The van der Waals surface area contributed by atoms with Gasteiger partial charge in [-0.2, -0.15) is 0 Å². The number of aliphatic carboxylic acids is 1. The highest BCUT2D eigenvalue weighted by molar-refractivity contribution is 5.80. The third-order valence-corrected chi connectivity index (χ3v) is 8.42. The Morgan fingerprint density at radius 2 is 1.65 bits per heavy atom. The molecule has 10 nitrogen and oxygen atoms in total. The molecule has 4 atom stereocenters. The van der Waals surface area contributed by atoms with Crippen LogP contribution < -0.4 is 5.32 Å². The number of nitrogens with zero attached hydrogens (tertiary/aromatic N) is 1. The number of carbonyl (C=O) groups is 2. The van der Waals surface area contributed by atoms with E-state index in [9.17, 15) is 24.9 Å². The molecule has 0 bridgehead atoms. The van der Waals surface area contributed by atoms with Crippen LogP contribution in [-0.4, -0.2) is 63.4 Å². The summed E-state index contributed by atoms with van der Waals surface area (Å²) in [6.45, 7) is 1.11. The average molecular weight is 655 g/mol. The molecule has 1 heterocycles. The first-order valence-corrected chi connectivity index (χ1v) is 16.0. The first-order chi connectivity index (χ1) is 23.2. The second-order valence-corrected chi connectivity index (χ2v) is 12.1. The van der Waals surface area contributed by atoms with Crippen LogP contribution in [0.1, 0.15) is 65.6 Å². The number of rotatable bonds is 14. The number of hydrogen-bond donors (Lipinski definition) is 5. The Morgan fingerprint density at radius 1 is 0.917 bits per heavy atom. The molecule has 4 aromatic carbocycles. The lowest BCUT2D eigenvalue weighted by Gasteiger charge is -2.38. The Hall–Kier alpha value is -4.58. The minimum Gasteiger partial charge on any atom is -0.508 e. The fourth-order valence-electron chi connectivity index (χ4n) is 5.87. The molecule has 0 spiro atoms. The van der Waals surface area contributed by atoms with Crippen LogP contribution in [0.2, 0.25) is 0 Å². The molecule has 5 N–H and O–H groups in total. The molecule has 1 saturated heterocycles. The number of amides is 1. The topological polar surface area (TPSA) is 149 Å². The predicted molar refractivity (Wildman–Crippen MR) is 180 cm³/mol. The number of benzene rings is 4. The van der Waals surface area contributed by atoms with E-state index in [1.807, 2.05) is 84.7 Å². The van der Waals surface area contributed by atoms with Gasteiger partial charge in [-0.3, -0.25) is 9.59 Å². The number of aliphatic hydroxyl groups is 2. The zero-order valence-electron chi connectivity index (χ0n) is 26.9. The van der Waals surface area contributed by atoms with Gasteiger partial charge in [0.25, 0.3) is 0 Å². The molecule has 10 heteroatoms. The third kappa shape index (κ3) is 9.50. The van der Waals surface area contributed by atoms with Crippen molar-refractivity contribution in [3.05, 3.63) is 125 Å². The summed E-state index contributed by atoms with van der Waals surface area (Å²) in [4.78, 5) is 25.0. The molecular weight excluding hydrogens is 612 g/mol. The fourth-order valence-corrected chi connectivity index (χ4v) is 5.87. The Labute approximate surface area is 280 Å².